The predicted octanol–water partition coefficient (Wildman–Crippen LogP) is 4.57. The van der Waals surface area contributed by atoms with Crippen molar-refractivity contribution in [3.63, 3.8) is 0 Å². The predicted molar refractivity (Wildman–Crippen MR) is 121 cm³/mol. The van der Waals surface area contributed by atoms with Gasteiger partial charge in [-0.3, -0.25) is 9.59 Å². The number of benzene rings is 2. The summed E-state index contributed by atoms with van der Waals surface area (Å²) in [5.41, 5.74) is 3.85. The molecule has 0 unspecified atom stereocenters. The molecule has 0 radical (unpaired) electrons. The summed E-state index contributed by atoms with van der Waals surface area (Å²) in [4.78, 5) is 33.0. The highest BCUT2D eigenvalue weighted by molar-refractivity contribution is 5.98. The Morgan fingerprint density at radius 1 is 0.774 bits per heavy atom. The molecule has 2 aliphatic carbocycles. The van der Waals surface area contributed by atoms with E-state index in [0.717, 1.165) is 48.1 Å². The molecule has 2 amide bonds. The lowest BCUT2D eigenvalue weighted by Gasteiger charge is -2.11. The van der Waals surface area contributed by atoms with E-state index >= 15 is 0 Å². The van der Waals surface area contributed by atoms with Gasteiger partial charge in [0.2, 0.25) is 0 Å². The maximum atomic E-state index is 12.6. The SMILES string of the molecule is O=C(NC1CCCC1)c1ccc(-c2nc3cc(C(=O)NC4CCCC4)ccc3[nH]2)cc1. The van der Waals surface area contributed by atoms with Crippen LogP contribution in [0.4, 0.5) is 0 Å². The third-order valence-electron chi connectivity index (χ3n) is 6.55. The fourth-order valence-electron chi connectivity index (χ4n) is 4.74. The fourth-order valence-corrected chi connectivity index (χ4v) is 4.74. The Hall–Kier alpha value is -3.15. The van der Waals surface area contributed by atoms with Gasteiger partial charge in [-0.05, 0) is 56.0 Å². The molecule has 5 rings (SSSR count). The minimum Gasteiger partial charge on any atom is -0.349 e. The molecule has 2 aliphatic rings. The summed E-state index contributed by atoms with van der Waals surface area (Å²) in [5, 5.41) is 6.24. The van der Waals surface area contributed by atoms with Gasteiger partial charge in [0, 0.05) is 28.8 Å². The van der Waals surface area contributed by atoms with Crippen molar-refractivity contribution >= 4 is 22.8 Å². The number of H-pyrrole nitrogens is 1. The van der Waals surface area contributed by atoms with Gasteiger partial charge in [-0.2, -0.15) is 0 Å². The van der Waals surface area contributed by atoms with E-state index in [1.165, 1.54) is 25.7 Å². The van der Waals surface area contributed by atoms with Crippen molar-refractivity contribution in [2.75, 3.05) is 0 Å². The first-order chi connectivity index (χ1) is 15.2. The molecule has 0 bridgehead atoms. The molecule has 0 atom stereocenters. The summed E-state index contributed by atoms with van der Waals surface area (Å²) in [6.45, 7) is 0. The number of hydrogen-bond donors (Lipinski definition) is 3. The number of amides is 2. The molecule has 160 valence electrons. The Balaban J connectivity index is 1.30. The molecule has 0 saturated heterocycles. The van der Waals surface area contributed by atoms with Gasteiger partial charge >= 0.3 is 0 Å². The van der Waals surface area contributed by atoms with Crippen LogP contribution in [0.3, 0.4) is 0 Å². The van der Waals surface area contributed by atoms with Crippen molar-refractivity contribution in [1.82, 2.24) is 20.6 Å². The average Bonchev–Trinajstić information content (AvgIpc) is 3.55. The Morgan fingerprint density at radius 2 is 1.32 bits per heavy atom. The number of aromatic amines is 1. The van der Waals surface area contributed by atoms with Crippen molar-refractivity contribution in [3.8, 4) is 11.4 Å². The zero-order chi connectivity index (χ0) is 21.2. The Labute approximate surface area is 181 Å². The first kappa shape index (κ1) is 19.8. The number of nitrogens with zero attached hydrogens (tertiary/aromatic N) is 1. The summed E-state index contributed by atoms with van der Waals surface area (Å²) in [6, 6.07) is 13.7. The lowest BCUT2D eigenvalue weighted by molar-refractivity contribution is 0.0929. The zero-order valence-corrected chi connectivity index (χ0v) is 17.6. The molecule has 0 aliphatic heterocycles. The molecule has 3 aromatic rings. The average molecular weight is 417 g/mol. The number of nitrogens with one attached hydrogen (secondary N) is 3. The quantitative estimate of drug-likeness (QED) is 0.569. The van der Waals surface area contributed by atoms with Gasteiger partial charge in [0.05, 0.1) is 11.0 Å². The van der Waals surface area contributed by atoms with Crippen LogP contribution in [-0.4, -0.2) is 33.9 Å². The van der Waals surface area contributed by atoms with Crippen LogP contribution in [0.1, 0.15) is 72.1 Å². The normalized spacial score (nSPS) is 17.3. The largest absolute Gasteiger partial charge is 0.349 e. The van der Waals surface area contributed by atoms with E-state index in [1.807, 2.05) is 42.5 Å². The van der Waals surface area contributed by atoms with Crippen LogP contribution in [0.25, 0.3) is 22.4 Å². The lowest BCUT2D eigenvalue weighted by Crippen LogP contribution is -2.32. The Kier molecular flexibility index (Phi) is 5.45. The van der Waals surface area contributed by atoms with Gasteiger partial charge in [-0.25, -0.2) is 4.98 Å². The number of carbonyl (C=O) groups is 2. The second-order valence-corrected chi connectivity index (χ2v) is 8.80. The molecule has 1 heterocycles. The van der Waals surface area contributed by atoms with Crippen molar-refractivity contribution in [1.29, 1.82) is 0 Å². The van der Waals surface area contributed by atoms with Crippen LogP contribution < -0.4 is 10.6 Å². The second-order valence-electron chi connectivity index (χ2n) is 8.80. The summed E-state index contributed by atoms with van der Waals surface area (Å²) >= 11 is 0. The van der Waals surface area contributed by atoms with Gasteiger partial charge in [-0.1, -0.05) is 37.8 Å². The van der Waals surface area contributed by atoms with E-state index in [-0.39, 0.29) is 11.8 Å². The summed E-state index contributed by atoms with van der Waals surface area (Å²) in [7, 11) is 0. The highest BCUT2D eigenvalue weighted by Gasteiger charge is 2.19. The first-order valence-electron chi connectivity index (χ1n) is 11.4. The van der Waals surface area contributed by atoms with Crippen molar-refractivity contribution in [3.05, 3.63) is 53.6 Å². The van der Waals surface area contributed by atoms with E-state index in [1.54, 1.807) is 0 Å². The minimum absolute atomic E-state index is 0.0130. The van der Waals surface area contributed by atoms with Gasteiger partial charge in [-0.15, -0.1) is 0 Å². The first-order valence-corrected chi connectivity index (χ1v) is 11.4. The van der Waals surface area contributed by atoms with Crippen LogP contribution >= 0.6 is 0 Å². The zero-order valence-electron chi connectivity index (χ0n) is 17.6. The number of aromatic nitrogens is 2. The maximum Gasteiger partial charge on any atom is 0.251 e. The van der Waals surface area contributed by atoms with Crippen LogP contribution in [0.15, 0.2) is 42.5 Å². The fraction of sp³-hybridized carbons (Fsp3) is 0.400. The molecular weight excluding hydrogens is 388 g/mol. The smallest absolute Gasteiger partial charge is 0.251 e. The van der Waals surface area contributed by atoms with E-state index in [4.69, 9.17) is 0 Å². The number of fused-ring (bicyclic) bond motifs is 1. The molecule has 0 spiro atoms. The topological polar surface area (TPSA) is 86.9 Å². The number of rotatable bonds is 5. The van der Waals surface area contributed by atoms with E-state index in [9.17, 15) is 9.59 Å². The van der Waals surface area contributed by atoms with Gasteiger partial charge < -0.3 is 15.6 Å². The summed E-state index contributed by atoms with van der Waals surface area (Å²) in [6.07, 6.45) is 9.04. The monoisotopic (exact) mass is 416 g/mol. The van der Waals surface area contributed by atoms with E-state index in [2.05, 4.69) is 20.6 Å². The van der Waals surface area contributed by atoms with Crippen molar-refractivity contribution in [2.45, 2.75) is 63.5 Å². The summed E-state index contributed by atoms with van der Waals surface area (Å²) in [5.74, 6) is 0.683. The maximum absolute atomic E-state index is 12.6. The third kappa shape index (κ3) is 4.33. The molecule has 6 heteroatoms. The molecule has 2 fully saturated rings. The van der Waals surface area contributed by atoms with Gasteiger partial charge in [0.15, 0.2) is 0 Å². The molecule has 1 aromatic heterocycles. The molecular formula is C25H28N4O2. The third-order valence-corrected chi connectivity index (χ3v) is 6.55. The molecule has 3 N–H and O–H groups in total. The van der Waals surface area contributed by atoms with Crippen LogP contribution in [0.5, 0.6) is 0 Å². The number of carbonyl (C=O) groups excluding carboxylic acids is 2. The van der Waals surface area contributed by atoms with Crippen molar-refractivity contribution in [2.24, 2.45) is 0 Å². The van der Waals surface area contributed by atoms with Crippen molar-refractivity contribution < 1.29 is 9.59 Å². The summed E-state index contributed by atoms with van der Waals surface area (Å²) < 4.78 is 0. The molecule has 31 heavy (non-hydrogen) atoms. The molecule has 2 saturated carbocycles. The Bertz CT molecular complexity index is 1090. The van der Waals surface area contributed by atoms with Crippen LogP contribution in [0, 0.1) is 0 Å². The lowest BCUT2D eigenvalue weighted by atomic mass is 10.1. The van der Waals surface area contributed by atoms with Gasteiger partial charge in [0.1, 0.15) is 5.82 Å². The highest BCUT2D eigenvalue weighted by atomic mass is 16.2. The van der Waals surface area contributed by atoms with Crippen LogP contribution in [0.2, 0.25) is 0 Å². The second kappa shape index (κ2) is 8.53. The molecule has 6 nitrogen and oxygen atoms in total. The van der Waals surface area contributed by atoms with E-state index < -0.39 is 0 Å². The number of hydrogen-bond acceptors (Lipinski definition) is 3. The van der Waals surface area contributed by atoms with Gasteiger partial charge in [0.25, 0.3) is 11.8 Å². The molecule has 2 aromatic carbocycles. The Morgan fingerprint density at radius 3 is 1.94 bits per heavy atom. The van der Waals surface area contributed by atoms with Crippen LogP contribution in [-0.2, 0) is 0 Å². The number of imidazole rings is 1. The minimum atomic E-state index is -0.0315. The highest BCUT2D eigenvalue weighted by Crippen LogP contribution is 2.23. The standard InChI is InChI=1S/C25H28N4O2/c30-24(26-19-5-1-2-6-19)17-11-9-16(10-12-17)23-28-21-14-13-18(15-22(21)29-23)25(31)27-20-7-3-4-8-20/h9-15,19-20H,1-8H2,(H,26,30)(H,27,31)(H,28,29). The van der Waals surface area contributed by atoms with E-state index in [0.29, 0.717) is 23.2 Å².